The van der Waals surface area contributed by atoms with E-state index in [9.17, 15) is 8.42 Å². The van der Waals surface area contributed by atoms with Gasteiger partial charge in [0.15, 0.2) is 0 Å². The van der Waals surface area contributed by atoms with Crippen LogP contribution in [0.1, 0.15) is 35.1 Å². The zero-order valence-electron chi connectivity index (χ0n) is 16.5. The zero-order valence-corrected chi connectivity index (χ0v) is 19.0. The van der Waals surface area contributed by atoms with Gasteiger partial charge in [0.1, 0.15) is 0 Å². The number of rotatable bonds is 10. The Hall–Kier alpha value is -1.15. The lowest BCUT2D eigenvalue weighted by Crippen LogP contribution is -2.32. The van der Waals surface area contributed by atoms with E-state index in [1.165, 1.54) is 16.7 Å². The number of nitrogens with one attached hydrogen (secondary N) is 2. The van der Waals surface area contributed by atoms with Crippen LogP contribution in [-0.2, 0) is 35.8 Å². The fraction of sp³-hybridized carbons (Fsp3) is 0.429. The highest BCUT2D eigenvalue weighted by atomic mass is 35.5. The molecule has 8 heteroatoms. The number of nitrogens with two attached hydrogens (primary N) is 1. The quantitative estimate of drug-likeness (QED) is 0.476. The first-order valence-electron chi connectivity index (χ1n) is 9.68. The summed E-state index contributed by atoms with van der Waals surface area (Å²) in [6, 6.07) is 13.9. The number of sulfonamides is 1. The third-order valence-electron chi connectivity index (χ3n) is 5.05. The van der Waals surface area contributed by atoms with Gasteiger partial charge in [-0.15, -0.1) is 24.8 Å². The second-order valence-corrected chi connectivity index (χ2v) is 8.82. The van der Waals surface area contributed by atoms with Crippen LogP contribution >= 0.6 is 24.8 Å². The molecule has 4 N–H and O–H groups in total. The number of halogens is 2. The van der Waals surface area contributed by atoms with Crippen molar-refractivity contribution in [2.45, 2.75) is 43.5 Å². The monoisotopic (exact) mass is 459 g/mol. The molecule has 3 rings (SSSR count). The van der Waals surface area contributed by atoms with Crippen LogP contribution in [0.4, 0.5) is 0 Å². The Bertz CT molecular complexity index is 859. The minimum absolute atomic E-state index is 0. The summed E-state index contributed by atoms with van der Waals surface area (Å²) in [5.41, 5.74) is 10.5. The van der Waals surface area contributed by atoms with Gasteiger partial charge in [-0.2, -0.15) is 0 Å². The first-order chi connectivity index (χ1) is 13.1. The molecule has 5 nitrogen and oxygen atoms in total. The van der Waals surface area contributed by atoms with Crippen LogP contribution in [-0.4, -0.2) is 28.1 Å². The predicted molar refractivity (Wildman–Crippen MR) is 124 cm³/mol. The molecule has 0 atom stereocenters. The van der Waals surface area contributed by atoms with E-state index in [2.05, 4.69) is 34.3 Å². The van der Waals surface area contributed by atoms with E-state index >= 15 is 0 Å². The van der Waals surface area contributed by atoms with Crippen molar-refractivity contribution in [1.82, 2.24) is 10.0 Å². The minimum Gasteiger partial charge on any atom is -0.326 e. The summed E-state index contributed by atoms with van der Waals surface area (Å²) in [6.07, 6.45) is 5.17. The lowest BCUT2D eigenvalue weighted by molar-refractivity contribution is 0.574. The van der Waals surface area contributed by atoms with Crippen LogP contribution in [0, 0.1) is 0 Å². The average Bonchev–Trinajstić information content (AvgIpc) is 3.15. The molecule has 1 aliphatic rings. The van der Waals surface area contributed by atoms with Gasteiger partial charge in [-0.05, 0) is 73.0 Å². The van der Waals surface area contributed by atoms with Gasteiger partial charge >= 0.3 is 0 Å². The predicted octanol–water partition coefficient (Wildman–Crippen LogP) is 2.98. The van der Waals surface area contributed by atoms with Crippen LogP contribution in [0.15, 0.2) is 47.4 Å². The second-order valence-electron chi connectivity index (χ2n) is 7.06. The molecule has 162 valence electrons. The van der Waals surface area contributed by atoms with E-state index in [4.69, 9.17) is 5.73 Å². The topological polar surface area (TPSA) is 84.2 Å². The Balaban J connectivity index is 0.00000210. The standard InChI is InChI=1S/C21H29N3O2S.2ClH/c22-16-18-8-6-17(7-9-18)3-2-12-23-13-14-24-27(25,26)21-11-10-19-4-1-5-20(19)15-21;;/h6-11,15,23-24H,1-5,12-14,16,22H2;2*1H. The van der Waals surface area contributed by atoms with E-state index in [1.54, 1.807) is 6.07 Å². The number of aryl methyl sites for hydroxylation is 3. The highest BCUT2D eigenvalue weighted by Crippen LogP contribution is 2.24. The summed E-state index contributed by atoms with van der Waals surface area (Å²) in [5.74, 6) is 0. The molecule has 0 heterocycles. The molecule has 0 unspecified atom stereocenters. The van der Waals surface area contributed by atoms with E-state index in [1.807, 2.05) is 12.1 Å². The largest absolute Gasteiger partial charge is 0.326 e. The molecular weight excluding hydrogens is 429 g/mol. The molecule has 0 fully saturated rings. The van der Waals surface area contributed by atoms with Crippen molar-refractivity contribution in [3.05, 3.63) is 64.7 Å². The fourth-order valence-electron chi connectivity index (χ4n) is 3.46. The third kappa shape index (κ3) is 7.55. The Morgan fingerprint density at radius 3 is 2.28 bits per heavy atom. The molecule has 0 amide bonds. The first-order valence-corrected chi connectivity index (χ1v) is 11.2. The summed E-state index contributed by atoms with van der Waals surface area (Å²) in [4.78, 5) is 0.379. The van der Waals surface area contributed by atoms with Gasteiger partial charge < -0.3 is 11.1 Å². The van der Waals surface area contributed by atoms with Crippen molar-refractivity contribution in [1.29, 1.82) is 0 Å². The fourth-order valence-corrected chi connectivity index (χ4v) is 4.54. The van der Waals surface area contributed by atoms with Gasteiger partial charge in [-0.25, -0.2) is 13.1 Å². The van der Waals surface area contributed by atoms with Gasteiger partial charge in [-0.3, -0.25) is 0 Å². The van der Waals surface area contributed by atoms with Crippen molar-refractivity contribution in [3.8, 4) is 0 Å². The van der Waals surface area contributed by atoms with Crippen LogP contribution < -0.4 is 15.8 Å². The van der Waals surface area contributed by atoms with Crippen molar-refractivity contribution in [2.75, 3.05) is 19.6 Å². The number of fused-ring (bicyclic) bond motifs is 1. The first kappa shape index (κ1) is 25.9. The van der Waals surface area contributed by atoms with Crippen LogP contribution in [0.25, 0.3) is 0 Å². The SMILES string of the molecule is Cl.Cl.NCc1ccc(CCCNCCNS(=O)(=O)c2ccc3c(c2)CCC3)cc1. The summed E-state index contributed by atoms with van der Waals surface area (Å²) < 4.78 is 27.5. The van der Waals surface area contributed by atoms with Crippen LogP contribution in [0.2, 0.25) is 0 Å². The minimum atomic E-state index is -3.42. The average molecular weight is 460 g/mol. The molecule has 0 radical (unpaired) electrons. The van der Waals surface area contributed by atoms with Gasteiger partial charge in [0.25, 0.3) is 0 Å². The van der Waals surface area contributed by atoms with E-state index in [-0.39, 0.29) is 24.8 Å². The second kappa shape index (κ2) is 12.5. The number of hydrogen-bond acceptors (Lipinski definition) is 4. The maximum atomic E-state index is 12.4. The molecule has 29 heavy (non-hydrogen) atoms. The molecule has 0 bridgehead atoms. The van der Waals surface area contributed by atoms with E-state index < -0.39 is 10.0 Å². The molecule has 0 spiro atoms. The van der Waals surface area contributed by atoms with Gasteiger partial charge in [0.2, 0.25) is 10.0 Å². The van der Waals surface area contributed by atoms with Gasteiger partial charge in [-0.1, -0.05) is 30.3 Å². The summed E-state index contributed by atoms with van der Waals surface area (Å²) in [6.45, 7) is 2.45. The molecule has 2 aromatic rings. The van der Waals surface area contributed by atoms with Gasteiger partial charge in [0.05, 0.1) is 4.90 Å². The van der Waals surface area contributed by atoms with Crippen LogP contribution in [0.3, 0.4) is 0 Å². The zero-order chi connectivity index (χ0) is 19.1. The molecular formula is C21H31Cl2N3O2S. The smallest absolute Gasteiger partial charge is 0.240 e. The molecule has 1 aliphatic carbocycles. The Morgan fingerprint density at radius 2 is 1.55 bits per heavy atom. The van der Waals surface area contributed by atoms with Crippen LogP contribution in [0.5, 0.6) is 0 Å². The molecule has 0 saturated carbocycles. The molecule has 0 aromatic heterocycles. The van der Waals surface area contributed by atoms with Crippen molar-refractivity contribution < 1.29 is 8.42 Å². The number of benzene rings is 2. The van der Waals surface area contributed by atoms with Crippen molar-refractivity contribution in [2.24, 2.45) is 5.73 Å². The summed E-state index contributed by atoms with van der Waals surface area (Å²) in [7, 11) is -3.42. The normalized spacial score (nSPS) is 12.7. The van der Waals surface area contributed by atoms with Gasteiger partial charge in [0, 0.05) is 19.6 Å². The maximum absolute atomic E-state index is 12.4. The van der Waals surface area contributed by atoms with Crippen molar-refractivity contribution >= 4 is 34.8 Å². The summed E-state index contributed by atoms with van der Waals surface area (Å²) in [5, 5.41) is 3.30. The Morgan fingerprint density at radius 1 is 0.862 bits per heavy atom. The Kier molecular flexibility index (Phi) is 11.2. The lowest BCUT2D eigenvalue weighted by atomic mass is 10.1. The summed E-state index contributed by atoms with van der Waals surface area (Å²) >= 11 is 0. The lowest BCUT2D eigenvalue weighted by Gasteiger charge is -2.09. The molecule has 0 saturated heterocycles. The molecule has 2 aromatic carbocycles. The highest BCUT2D eigenvalue weighted by molar-refractivity contribution is 7.89. The Labute approximate surface area is 186 Å². The highest BCUT2D eigenvalue weighted by Gasteiger charge is 2.17. The third-order valence-corrected chi connectivity index (χ3v) is 6.51. The number of hydrogen-bond donors (Lipinski definition) is 3. The maximum Gasteiger partial charge on any atom is 0.240 e. The van der Waals surface area contributed by atoms with Crippen molar-refractivity contribution in [3.63, 3.8) is 0 Å². The van der Waals surface area contributed by atoms with E-state index in [0.29, 0.717) is 24.5 Å². The van der Waals surface area contributed by atoms with E-state index in [0.717, 1.165) is 44.2 Å². The molecule has 0 aliphatic heterocycles.